The number of likely N-dealkylation sites (tertiary alicyclic amines) is 1. The van der Waals surface area contributed by atoms with Crippen molar-refractivity contribution in [1.82, 2.24) is 4.90 Å². The molecule has 0 atom stereocenters. The molecular formula is C14H17NO3. The van der Waals surface area contributed by atoms with Gasteiger partial charge in [-0.3, -0.25) is 9.59 Å². The summed E-state index contributed by atoms with van der Waals surface area (Å²) in [6, 6.07) is 5.79. The molecule has 0 aliphatic carbocycles. The fraction of sp³-hybridized carbons (Fsp3) is 0.429. The molecule has 1 fully saturated rings. The van der Waals surface area contributed by atoms with Crippen LogP contribution in [-0.2, 0) is 4.79 Å². The lowest BCUT2D eigenvalue weighted by Gasteiger charge is -2.39. The van der Waals surface area contributed by atoms with Crippen molar-refractivity contribution in [3.05, 3.63) is 34.9 Å². The minimum Gasteiger partial charge on any atom is -0.481 e. The van der Waals surface area contributed by atoms with E-state index in [1.165, 1.54) is 0 Å². The van der Waals surface area contributed by atoms with Crippen LogP contribution in [0.3, 0.4) is 0 Å². The Morgan fingerprint density at radius 2 is 1.83 bits per heavy atom. The summed E-state index contributed by atoms with van der Waals surface area (Å²) in [5.41, 5.74) is 2.70. The quantitative estimate of drug-likeness (QED) is 0.886. The lowest BCUT2D eigenvalue weighted by atomic mass is 9.93. The van der Waals surface area contributed by atoms with Gasteiger partial charge < -0.3 is 10.0 Å². The van der Waals surface area contributed by atoms with Gasteiger partial charge in [-0.1, -0.05) is 18.2 Å². The zero-order chi connectivity index (χ0) is 13.3. The van der Waals surface area contributed by atoms with Crippen LogP contribution in [0, 0.1) is 19.8 Å². The number of nitrogens with zero attached hydrogens (tertiary/aromatic N) is 1. The summed E-state index contributed by atoms with van der Waals surface area (Å²) in [4.78, 5) is 24.6. The highest BCUT2D eigenvalue weighted by Crippen LogP contribution is 2.24. The fourth-order valence-corrected chi connectivity index (χ4v) is 2.42. The number of carboxylic acids is 1. The van der Waals surface area contributed by atoms with Crippen LogP contribution in [0.4, 0.5) is 0 Å². The highest BCUT2D eigenvalue weighted by atomic mass is 16.4. The van der Waals surface area contributed by atoms with Crippen molar-refractivity contribution in [2.45, 2.75) is 20.3 Å². The van der Waals surface area contributed by atoms with Crippen molar-refractivity contribution in [3.63, 3.8) is 0 Å². The number of hydrogen-bond acceptors (Lipinski definition) is 2. The van der Waals surface area contributed by atoms with E-state index < -0.39 is 5.97 Å². The molecule has 0 unspecified atom stereocenters. The molecule has 0 bridgehead atoms. The average Bonchev–Trinajstić information content (AvgIpc) is 2.22. The Bertz CT molecular complexity index is 470. The summed E-state index contributed by atoms with van der Waals surface area (Å²) in [7, 11) is 0. The number of carboxylic acid groups (broad SMARTS) is 1. The van der Waals surface area contributed by atoms with Crippen LogP contribution in [0.25, 0.3) is 0 Å². The predicted molar refractivity (Wildman–Crippen MR) is 67.6 cm³/mol. The second-order valence-corrected chi connectivity index (χ2v) is 4.94. The highest BCUT2D eigenvalue weighted by Gasteiger charge is 2.33. The summed E-state index contributed by atoms with van der Waals surface area (Å²) in [6.07, 6.45) is 0.149. The van der Waals surface area contributed by atoms with E-state index in [0.29, 0.717) is 13.1 Å². The lowest BCUT2D eigenvalue weighted by molar-refractivity contribution is -0.139. The third kappa shape index (κ3) is 2.37. The number of aryl methyl sites for hydroxylation is 2. The molecule has 1 aromatic carbocycles. The van der Waals surface area contributed by atoms with E-state index in [4.69, 9.17) is 5.11 Å². The van der Waals surface area contributed by atoms with Gasteiger partial charge in [0.25, 0.3) is 5.91 Å². The van der Waals surface area contributed by atoms with Crippen molar-refractivity contribution < 1.29 is 14.7 Å². The zero-order valence-corrected chi connectivity index (χ0v) is 10.6. The average molecular weight is 247 g/mol. The minimum atomic E-state index is -0.792. The number of hydrogen-bond donors (Lipinski definition) is 1. The van der Waals surface area contributed by atoms with Gasteiger partial charge in [0.05, 0.1) is 6.42 Å². The summed E-state index contributed by atoms with van der Waals surface area (Å²) in [5, 5.41) is 8.68. The molecule has 0 aromatic heterocycles. The van der Waals surface area contributed by atoms with Gasteiger partial charge in [-0.2, -0.15) is 0 Å². The summed E-state index contributed by atoms with van der Waals surface area (Å²) >= 11 is 0. The second kappa shape index (κ2) is 4.80. The van der Waals surface area contributed by atoms with Gasteiger partial charge in [-0.25, -0.2) is 0 Å². The Labute approximate surface area is 106 Å². The van der Waals surface area contributed by atoms with E-state index in [0.717, 1.165) is 16.7 Å². The van der Waals surface area contributed by atoms with Gasteiger partial charge in [0.2, 0.25) is 0 Å². The molecule has 1 N–H and O–H groups in total. The Morgan fingerprint density at radius 3 is 2.33 bits per heavy atom. The van der Waals surface area contributed by atoms with Crippen LogP contribution in [0.15, 0.2) is 18.2 Å². The smallest absolute Gasteiger partial charge is 0.303 e. The Hall–Kier alpha value is -1.84. The first kappa shape index (κ1) is 12.6. The van der Waals surface area contributed by atoms with Crippen LogP contribution < -0.4 is 0 Å². The first-order valence-corrected chi connectivity index (χ1v) is 6.06. The van der Waals surface area contributed by atoms with Crippen LogP contribution >= 0.6 is 0 Å². The Kier molecular flexibility index (Phi) is 3.36. The molecule has 0 saturated carbocycles. The van der Waals surface area contributed by atoms with E-state index in [1.807, 2.05) is 32.0 Å². The van der Waals surface area contributed by atoms with Crippen molar-refractivity contribution >= 4 is 11.9 Å². The Balaban J connectivity index is 2.04. The van der Waals surface area contributed by atoms with Gasteiger partial charge in [0.1, 0.15) is 0 Å². The number of amides is 1. The number of rotatable bonds is 3. The molecule has 4 nitrogen and oxygen atoms in total. The van der Waals surface area contributed by atoms with Gasteiger partial charge in [0.15, 0.2) is 0 Å². The zero-order valence-electron chi connectivity index (χ0n) is 10.6. The van der Waals surface area contributed by atoms with Gasteiger partial charge >= 0.3 is 5.97 Å². The van der Waals surface area contributed by atoms with E-state index in [-0.39, 0.29) is 18.2 Å². The van der Waals surface area contributed by atoms with Gasteiger partial charge in [-0.15, -0.1) is 0 Å². The van der Waals surface area contributed by atoms with Crippen LogP contribution in [-0.4, -0.2) is 35.0 Å². The van der Waals surface area contributed by atoms with Crippen LogP contribution in [0.1, 0.15) is 27.9 Å². The number of carbonyl (C=O) groups is 2. The van der Waals surface area contributed by atoms with Crippen LogP contribution in [0.5, 0.6) is 0 Å². The normalized spacial score (nSPS) is 15.3. The third-order valence-corrected chi connectivity index (χ3v) is 3.40. The van der Waals surface area contributed by atoms with Crippen molar-refractivity contribution in [3.8, 4) is 0 Å². The van der Waals surface area contributed by atoms with Gasteiger partial charge in [0, 0.05) is 24.6 Å². The molecular weight excluding hydrogens is 230 g/mol. The van der Waals surface area contributed by atoms with Gasteiger partial charge in [-0.05, 0) is 25.0 Å². The molecule has 0 radical (unpaired) electrons. The topological polar surface area (TPSA) is 57.6 Å². The standard InChI is InChI=1S/C14H17NO3/c1-9-4-3-5-10(2)13(9)14(18)15-7-11(8-15)6-12(16)17/h3-5,11H,6-8H2,1-2H3,(H,16,17). The maximum atomic E-state index is 12.3. The van der Waals surface area contributed by atoms with E-state index in [9.17, 15) is 9.59 Å². The molecule has 2 rings (SSSR count). The molecule has 4 heteroatoms. The summed E-state index contributed by atoms with van der Waals surface area (Å²) < 4.78 is 0. The number of aliphatic carboxylic acids is 1. The molecule has 1 aliphatic heterocycles. The highest BCUT2D eigenvalue weighted by molar-refractivity contribution is 5.97. The summed E-state index contributed by atoms with van der Waals surface area (Å²) in [5.74, 6) is -0.665. The van der Waals surface area contributed by atoms with Crippen molar-refractivity contribution in [2.24, 2.45) is 5.92 Å². The third-order valence-electron chi connectivity index (χ3n) is 3.40. The largest absolute Gasteiger partial charge is 0.481 e. The monoisotopic (exact) mass is 247 g/mol. The van der Waals surface area contributed by atoms with Crippen LogP contribution in [0.2, 0.25) is 0 Å². The van der Waals surface area contributed by atoms with E-state index in [2.05, 4.69) is 0 Å². The number of benzene rings is 1. The first-order valence-electron chi connectivity index (χ1n) is 6.06. The van der Waals surface area contributed by atoms with E-state index in [1.54, 1.807) is 4.90 Å². The number of carbonyl (C=O) groups excluding carboxylic acids is 1. The Morgan fingerprint density at radius 1 is 1.28 bits per heavy atom. The fourth-order valence-electron chi connectivity index (χ4n) is 2.42. The molecule has 1 saturated heterocycles. The molecule has 1 heterocycles. The molecule has 1 amide bonds. The van der Waals surface area contributed by atoms with Crippen molar-refractivity contribution in [1.29, 1.82) is 0 Å². The maximum Gasteiger partial charge on any atom is 0.303 e. The minimum absolute atomic E-state index is 0.0206. The second-order valence-electron chi connectivity index (χ2n) is 4.94. The lowest BCUT2D eigenvalue weighted by Crippen LogP contribution is -2.50. The van der Waals surface area contributed by atoms with Crippen molar-refractivity contribution in [2.75, 3.05) is 13.1 Å². The molecule has 1 aliphatic rings. The molecule has 1 aromatic rings. The molecule has 96 valence electrons. The molecule has 18 heavy (non-hydrogen) atoms. The SMILES string of the molecule is Cc1cccc(C)c1C(=O)N1CC(CC(=O)O)C1. The van der Waals surface area contributed by atoms with E-state index >= 15 is 0 Å². The first-order chi connectivity index (χ1) is 8.49. The maximum absolute atomic E-state index is 12.3. The summed E-state index contributed by atoms with van der Waals surface area (Å²) in [6.45, 7) is 4.96. The molecule has 0 spiro atoms. The predicted octanol–water partition coefficient (Wildman–Crippen LogP) is 1.85.